The Morgan fingerprint density at radius 2 is 1.90 bits per heavy atom. The molecule has 0 unspecified atom stereocenters. The molecule has 2 aromatic rings. The maximum Gasteiger partial charge on any atom is 0.335 e. The molecule has 0 atom stereocenters. The van der Waals surface area contributed by atoms with Crippen LogP contribution in [0.1, 0.15) is 5.56 Å². The molecular formula is C21H16ClIN2O5. The predicted octanol–water partition coefficient (Wildman–Crippen LogP) is 4.18. The number of carbonyl (C=O) groups excluding carboxylic acids is 3. The van der Waals surface area contributed by atoms with Crippen molar-refractivity contribution in [2.24, 2.45) is 0 Å². The fourth-order valence-corrected chi connectivity index (χ4v) is 3.66. The summed E-state index contributed by atoms with van der Waals surface area (Å²) in [6.07, 6.45) is 3.01. The SMILES string of the molecule is C=CCOc1c(I)cc(/C=C2/C(=O)NC(=O)N(c3ccc(Cl)cc3)C2=O)cc1OC. The van der Waals surface area contributed by atoms with E-state index in [1.165, 1.54) is 25.3 Å². The molecule has 1 N–H and O–H groups in total. The number of benzene rings is 2. The molecule has 1 aliphatic rings. The molecular weight excluding hydrogens is 523 g/mol. The molecule has 9 heteroatoms. The summed E-state index contributed by atoms with van der Waals surface area (Å²) in [6, 6.07) is 8.68. The van der Waals surface area contributed by atoms with Crippen LogP contribution in [0.15, 0.2) is 54.6 Å². The summed E-state index contributed by atoms with van der Waals surface area (Å²) >= 11 is 7.94. The number of hydrogen-bond acceptors (Lipinski definition) is 5. The van der Waals surface area contributed by atoms with Crippen molar-refractivity contribution in [2.45, 2.75) is 0 Å². The largest absolute Gasteiger partial charge is 0.493 e. The Bertz CT molecular complexity index is 1070. The van der Waals surface area contributed by atoms with Gasteiger partial charge in [0.1, 0.15) is 12.2 Å². The average Bonchev–Trinajstić information content (AvgIpc) is 2.71. The summed E-state index contributed by atoms with van der Waals surface area (Å²) in [6.45, 7) is 3.91. The third kappa shape index (κ3) is 4.49. The molecule has 1 heterocycles. The lowest BCUT2D eigenvalue weighted by molar-refractivity contribution is -0.122. The lowest BCUT2D eigenvalue weighted by Gasteiger charge is -2.26. The highest BCUT2D eigenvalue weighted by Crippen LogP contribution is 2.35. The van der Waals surface area contributed by atoms with E-state index in [0.717, 1.165) is 8.47 Å². The smallest absolute Gasteiger partial charge is 0.335 e. The van der Waals surface area contributed by atoms with Gasteiger partial charge in [0, 0.05) is 5.02 Å². The monoisotopic (exact) mass is 538 g/mol. The zero-order valence-corrected chi connectivity index (χ0v) is 18.7. The molecule has 0 aliphatic carbocycles. The van der Waals surface area contributed by atoms with E-state index in [-0.39, 0.29) is 5.57 Å². The van der Waals surface area contributed by atoms with Crippen LogP contribution >= 0.6 is 34.2 Å². The van der Waals surface area contributed by atoms with Crippen molar-refractivity contribution in [3.8, 4) is 11.5 Å². The minimum absolute atomic E-state index is 0.192. The number of halogens is 2. The Labute approximate surface area is 191 Å². The van der Waals surface area contributed by atoms with Crippen LogP contribution in [0.2, 0.25) is 5.02 Å². The molecule has 0 aromatic heterocycles. The second-order valence-corrected chi connectivity index (χ2v) is 7.67. The van der Waals surface area contributed by atoms with Gasteiger partial charge in [-0.3, -0.25) is 14.9 Å². The molecule has 0 spiro atoms. The number of nitrogens with one attached hydrogen (secondary N) is 1. The quantitative estimate of drug-likeness (QED) is 0.258. The van der Waals surface area contributed by atoms with Crippen molar-refractivity contribution < 1.29 is 23.9 Å². The third-order valence-electron chi connectivity index (χ3n) is 4.09. The summed E-state index contributed by atoms with van der Waals surface area (Å²) in [5.74, 6) is -0.564. The molecule has 2 aromatic carbocycles. The van der Waals surface area contributed by atoms with Gasteiger partial charge < -0.3 is 9.47 Å². The second-order valence-electron chi connectivity index (χ2n) is 6.07. The summed E-state index contributed by atoms with van der Waals surface area (Å²) < 4.78 is 11.7. The zero-order valence-electron chi connectivity index (χ0n) is 15.8. The summed E-state index contributed by atoms with van der Waals surface area (Å²) in [4.78, 5) is 38.5. The number of hydrogen-bond donors (Lipinski definition) is 1. The van der Waals surface area contributed by atoms with Crippen molar-refractivity contribution in [2.75, 3.05) is 18.6 Å². The molecule has 7 nitrogen and oxygen atoms in total. The first-order valence-electron chi connectivity index (χ1n) is 8.64. The number of rotatable bonds is 6. The number of nitrogens with zero attached hydrogens (tertiary/aromatic N) is 1. The van der Waals surface area contributed by atoms with Crippen molar-refractivity contribution in [1.82, 2.24) is 5.32 Å². The van der Waals surface area contributed by atoms with Crippen LogP contribution in [0.4, 0.5) is 10.5 Å². The van der Waals surface area contributed by atoms with Gasteiger partial charge in [-0.25, -0.2) is 9.69 Å². The van der Waals surface area contributed by atoms with Crippen molar-refractivity contribution >= 4 is 63.8 Å². The predicted molar refractivity (Wildman–Crippen MR) is 122 cm³/mol. The highest BCUT2D eigenvalue weighted by molar-refractivity contribution is 14.1. The van der Waals surface area contributed by atoms with Crippen molar-refractivity contribution in [3.05, 3.63) is 68.8 Å². The third-order valence-corrected chi connectivity index (χ3v) is 5.15. The highest BCUT2D eigenvalue weighted by atomic mass is 127. The Morgan fingerprint density at radius 1 is 1.20 bits per heavy atom. The number of urea groups is 1. The van der Waals surface area contributed by atoms with Crippen LogP contribution in [0, 0.1) is 3.57 Å². The molecule has 154 valence electrons. The number of anilines is 1. The van der Waals surface area contributed by atoms with E-state index in [0.29, 0.717) is 34.4 Å². The van der Waals surface area contributed by atoms with Crippen molar-refractivity contribution in [3.63, 3.8) is 0 Å². The van der Waals surface area contributed by atoms with Gasteiger partial charge in [-0.15, -0.1) is 0 Å². The Morgan fingerprint density at radius 3 is 2.53 bits per heavy atom. The normalized spacial score (nSPS) is 15.2. The molecule has 1 fully saturated rings. The lowest BCUT2D eigenvalue weighted by Crippen LogP contribution is -2.54. The number of carbonyl (C=O) groups is 3. The summed E-state index contributed by atoms with van der Waals surface area (Å²) in [5.41, 5.74) is 0.633. The van der Waals surface area contributed by atoms with Crippen LogP contribution in [0.5, 0.6) is 11.5 Å². The van der Waals surface area contributed by atoms with Crippen LogP contribution in [-0.2, 0) is 9.59 Å². The zero-order chi connectivity index (χ0) is 21.8. The summed E-state index contributed by atoms with van der Waals surface area (Å²) in [7, 11) is 1.49. The Hall–Kier alpha value is -2.85. The number of amides is 4. The topological polar surface area (TPSA) is 84.9 Å². The van der Waals surface area contributed by atoms with Gasteiger partial charge in [-0.05, 0) is 70.6 Å². The molecule has 0 bridgehead atoms. The van der Waals surface area contributed by atoms with E-state index >= 15 is 0 Å². The first-order valence-corrected chi connectivity index (χ1v) is 10.1. The minimum Gasteiger partial charge on any atom is -0.493 e. The molecule has 0 saturated carbocycles. The molecule has 0 radical (unpaired) electrons. The maximum atomic E-state index is 13.0. The number of barbiturate groups is 1. The van der Waals surface area contributed by atoms with Crippen LogP contribution in [0.25, 0.3) is 6.08 Å². The Balaban J connectivity index is 2.01. The van der Waals surface area contributed by atoms with Gasteiger partial charge in [0.2, 0.25) is 0 Å². The molecule has 1 aliphatic heterocycles. The van der Waals surface area contributed by atoms with Crippen molar-refractivity contribution in [1.29, 1.82) is 0 Å². The summed E-state index contributed by atoms with van der Waals surface area (Å²) in [5, 5.41) is 2.64. The van der Waals surface area contributed by atoms with Crippen LogP contribution in [-0.4, -0.2) is 31.6 Å². The maximum absolute atomic E-state index is 13.0. The first kappa shape index (κ1) is 21.8. The van der Waals surface area contributed by atoms with Crippen LogP contribution in [0.3, 0.4) is 0 Å². The van der Waals surface area contributed by atoms with E-state index in [4.69, 9.17) is 21.1 Å². The minimum atomic E-state index is -0.829. The van der Waals surface area contributed by atoms with Gasteiger partial charge in [-0.2, -0.15) is 0 Å². The Kier molecular flexibility index (Phi) is 6.78. The average molecular weight is 539 g/mol. The van der Waals surface area contributed by atoms with E-state index in [2.05, 4.69) is 34.5 Å². The van der Waals surface area contributed by atoms with Crippen LogP contribution < -0.4 is 19.7 Å². The molecule has 1 saturated heterocycles. The van der Waals surface area contributed by atoms with E-state index in [9.17, 15) is 14.4 Å². The van der Waals surface area contributed by atoms with Gasteiger partial charge in [0.05, 0.1) is 16.4 Å². The standard InChI is InChI=1S/C21H16ClIN2O5/c1-3-8-30-18-16(23)10-12(11-17(18)29-2)9-15-19(26)24-21(28)25(20(15)27)14-6-4-13(22)5-7-14/h3-7,9-11H,1,8H2,2H3,(H,24,26,28)/b15-9-. The molecule has 3 rings (SSSR count). The second kappa shape index (κ2) is 9.31. The number of imide groups is 2. The van der Waals surface area contributed by atoms with E-state index in [1.807, 2.05) is 0 Å². The van der Waals surface area contributed by atoms with Gasteiger partial charge in [0.25, 0.3) is 11.8 Å². The fourth-order valence-electron chi connectivity index (χ4n) is 2.75. The number of methoxy groups -OCH3 is 1. The number of ether oxygens (including phenoxy) is 2. The fraction of sp³-hybridized carbons (Fsp3) is 0.0952. The van der Waals surface area contributed by atoms with Gasteiger partial charge in [-0.1, -0.05) is 24.3 Å². The van der Waals surface area contributed by atoms with Gasteiger partial charge >= 0.3 is 6.03 Å². The first-order chi connectivity index (χ1) is 14.3. The molecule has 4 amide bonds. The van der Waals surface area contributed by atoms with E-state index in [1.54, 1.807) is 30.3 Å². The van der Waals surface area contributed by atoms with E-state index < -0.39 is 17.8 Å². The highest BCUT2D eigenvalue weighted by Gasteiger charge is 2.36. The molecule has 30 heavy (non-hydrogen) atoms. The van der Waals surface area contributed by atoms with Gasteiger partial charge in [0.15, 0.2) is 11.5 Å². The lowest BCUT2D eigenvalue weighted by atomic mass is 10.1.